The van der Waals surface area contributed by atoms with Crippen LogP contribution in [-0.4, -0.2) is 13.1 Å². The minimum atomic E-state index is -0.384. The van der Waals surface area contributed by atoms with Crippen LogP contribution in [0.2, 0.25) is 0 Å². The molecule has 1 heterocycles. The zero-order chi connectivity index (χ0) is 8.97. The summed E-state index contributed by atoms with van der Waals surface area (Å²) in [6, 6.07) is 1.83. The van der Waals surface area contributed by atoms with E-state index >= 15 is 0 Å². The Morgan fingerprint density at radius 3 is 2.92 bits per heavy atom. The van der Waals surface area contributed by atoms with E-state index in [-0.39, 0.29) is 5.97 Å². The van der Waals surface area contributed by atoms with Crippen LogP contribution >= 0.6 is 0 Å². The maximum atomic E-state index is 10.7. The van der Waals surface area contributed by atoms with E-state index in [1.165, 1.54) is 13.2 Å². The summed E-state index contributed by atoms with van der Waals surface area (Å²) in [7, 11) is 1.33. The van der Waals surface area contributed by atoms with Crippen LogP contribution in [0.5, 0.6) is 0 Å². The van der Waals surface area contributed by atoms with Crippen molar-refractivity contribution in [1.29, 1.82) is 0 Å². The molecule has 0 bridgehead atoms. The van der Waals surface area contributed by atoms with Crippen molar-refractivity contribution >= 4 is 12.0 Å². The molecule has 0 amide bonds. The van der Waals surface area contributed by atoms with Crippen molar-refractivity contribution in [3.8, 4) is 0 Å². The van der Waals surface area contributed by atoms with E-state index in [0.29, 0.717) is 5.76 Å². The van der Waals surface area contributed by atoms with Gasteiger partial charge in [-0.05, 0) is 24.6 Å². The van der Waals surface area contributed by atoms with Crippen molar-refractivity contribution in [2.24, 2.45) is 0 Å². The monoisotopic (exact) mass is 166 g/mol. The highest BCUT2D eigenvalue weighted by Crippen LogP contribution is 2.10. The molecule has 0 radical (unpaired) electrons. The molecule has 3 nitrogen and oxygen atoms in total. The Hall–Kier alpha value is -1.51. The Balaban J connectivity index is 2.69. The number of methoxy groups -OCH3 is 1. The van der Waals surface area contributed by atoms with Crippen LogP contribution in [0.1, 0.15) is 11.3 Å². The molecule has 0 aliphatic carbocycles. The number of carbonyl (C=O) groups excluding carboxylic acids is 1. The Labute approximate surface area is 70.6 Å². The Bertz CT molecular complexity index is 296. The van der Waals surface area contributed by atoms with E-state index in [9.17, 15) is 4.79 Å². The lowest BCUT2D eigenvalue weighted by atomic mass is 10.2. The summed E-state index contributed by atoms with van der Waals surface area (Å²) in [6.45, 7) is 1.90. The Kier molecular flexibility index (Phi) is 2.69. The molecule has 0 aromatic carbocycles. The smallest absolute Gasteiger partial charge is 0.330 e. The maximum Gasteiger partial charge on any atom is 0.330 e. The second-order valence-electron chi connectivity index (χ2n) is 2.32. The average molecular weight is 166 g/mol. The van der Waals surface area contributed by atoms with Gasteiger partial charge in [-0.15, -0.1) is 0 Å². The molecule has 3 heteroatoms. The molecule has 0 aliphatic rings. The SMILES string of the molecule is COC(=O)C=Cc1occc1C. The lowest BCUT2D eigenvalue weighted by Crippen LogP contribution is -1.93. The minimum absolute atomic E-state index is 0.384. The standard InChI is InChI=1S/C9H10O3/c1-7-5-6-12-8(7)3-4-9(10)11-2/h3-6H,1-2H3. The third-order valence-corrected chi connectivity index (χ3v) is 1.47. The Morgan fingerprint density at radius 2 is 2.42 bits per heavy atom. The normalized spacial score (nSPS) is 10.5. The van der Waals surface area contributed by atoms with Gasteiger partial charge >= 0.3 is 5.97 Å². The van der Waals surface area contributed by atoms with Crippen LogP contribution < -0.4 is 0 Å². The summed E-state index contributed by atoms with van der Waals surface area (Å²) in [5, 5.41) is 0. The molecule has 1 aromatic rings. The number of aryl methyl sites for hydroxylation is 1. The third kappa shape index (κ3) is 1.99. The summed E-state index contributed by atoms with van der Waals surface area (Å²) in [5.41, 5.74) is 0.996. The minimum Gasteiger partial charge on any atom is -0.466 e. The van der Waals surface area contributed by atoms with Crippen molar-refractivity contribution in [2.45, 2.75) is 6.92 Å². The van der Waals surface area contributed by atoms with Gasteiger partial charge < -0.3 is 9.15 Å². The molecule has 12 heavy (non-hydrogen) atoms. The average Bonchev–Trinajstić information content (AvgIpc) is 2.47. The van der Waals surface area contributed by atoms with Gasteiger partial charge in [0.2, 0.25) is 0 Å². The molecule has 0 spiro atoms. The van der Waals surface area contributed by atoms with Crippen LogP contribution in [-0.2, 0) is 9.53 Å². The molecule has 1 rings (SSSR count). The summed E-state index contributed by atoms with van der Waals surface area (Å²) < 4.78 is 9.49. The number of ether oxygens (including phenoxy) is 1. The maximum absolute atomic E-state index is 10.7. The zero-order valence-corrected chi connectivity index (χ0v) is 7.03. The molecule has 0 saturated heterocycles. The van der Waals surface area contributed by atoms with Crippen molar-refractivity contribution in [2.75, 3.05) is 7.11 Å². The van der Waals surface area contributed by atoms with Crippen LogP contribution in [0.15, 0.2) is 22.8 Å². The van der Waals surface area contributed by atoms with Gasteiger partial charge in [0.1, 0.15) is 5.76 Å². The number of rotatable bonds is 2. The second-order valence-corrected chi connectivity index (χ2v) is 2.32. The van der Waals surface area contributed by atoms with Gasteiger partial charge in [-0.3, -0.25) is 0 Å². The van der Waals surface area contributed by atoms with Gasteiger partial charge in [0.05, 0.1) is 13.4 Å². The molecule has 64 valence electrons. The Morgan fingerprint density at radius 1 is 1.67 bits per heavy atom. The first-order valence-electron chi connectivity index (χ1n) is 3.54. The quantitative estimate of drug-likeness (QED) is 0.496. The highest BCUT2D eigenvalue weighted by molar-refractivity contribution is 5.86. The first-order valence-corrected chi connectivity index (χ1v) is 3.54. The predicted molar refractivity (Wildman–Crippen MR) is 44.5 cm³/mol. The molecule has 0 unspecified atom stereocenters. The van der Waals surface area contributed by atoms with E-state index in [0.717, 1.165) is 5.56 Å². The highest BCUT2D eigenvalue weighted by Gasteiger charge is 1.97. The van der Waals surface area contributed by atoms with Gasteiger partial charge in [0, 0.05) is 6.08 Å². The van der Waals surface area contributed by atoms with Crippen molar-refractivity contribution in [1.82, 2.24) is 0 Å². The molecule has 0 atom stereocenters. The predicted octanol–water partition coefficient (Wildman–Crippen LogP) is 1.77. The topological polar surface area (TPSA) is 39.4 Å². The molecule has 0 N–H and O–H groups in total. The first-order chi connectivity index (χ1) is 5.74. The number of furan rings is 1. The van der Waals surface area contributed by atoms with Crippen molar-refractivity contribution in [3.63, 3.8) is 0 Å². The van der Waals surface area contributed by atoms with E-state index < -0.39 is 0 Å². The fourth-order valence-corrected chi connectivity index (χ4v) is 0.767. The lowest BCUT2D eigenvalue weighted by molar-refractivity contribution is -0.134. The number of hydrogen-bond donors (Lipinski definition) is 0. The lowest BCUT2D eigenvalue weighted by Gasteiger charge is -1.89. The third-order valence-electron chi connectivity index (χ3n) is 1.47. The summed E-state index contributed by atoms with van der Waals surface area (Å²) in [4.78, 5) is 10.7. The van der Waals surface area contributed by atoms with Crippen LogP contribution in [0.25, 0.3) is 6.08 Å². The largest absolute Gasteiger partial charge is 0.466 e. The molecular formula is C9H10O3. The molecule has 0 aliphatic heterocycles. The fourth-order valence-electron chi connectivity index (χ4n) is 0.767. The summed E-state index contributed by atoms with van der Waals surface area (Å²) in [6.07, 6.45) is 4.49. The van der Waals surface area contributed by atoms with Crippen molar-refractivity contribution in [3.05, 3.63) is 29.7 Å². The van der Waals surface area contributed by atoms with Gasteiger partial charge in [-0.1, -0.05) is 0 Å². The van der Waals surface area contributed by atoms with E-state index in [2.05, 4.69) is 4.74 Å². The molecule has 1 aromatic heterocycles. The van der Waals surface area contributed by atoms with Crippen molar-refractivity contribution < 1.29 is 13.9 Å². The van der Waals surface area contributed by atoms with Crippen LogP contribution in [0.3, 0.4) is 0 Å². The van der Waals surface area contributed by atoms with Crippen LogP contribution in [0.4, 0.5) is 0 Å². The van der Waals surface area contributed by atoms with Gasteiger partial charge in [-0.25, -0.2) is 4.79 Å². The molecular weight excluding hydrogens is 156 g/mol. The van der Waals surface area contributed by atoms with E-state index in [1.807, 2.05) is 13.0 Å². The highest BCUT2D eigenvalue weighted by atomic mass is 16.5. The summed E-state index contributed by atoms with van der Waals surface area (Å²) in [5.74, 6) is 0.297. The fraction of sp³-hybridized carbons (Fsp3) is 0.222. The number of esters is 1. The van der Waals surface area contributed by atoms with Gasteiger partial charge in [0.15, 0.2) is 0 Å². The molecule has 0 saturated carbocycles. The van der Waals surface area contributed by atoms with Gasteiger partial charge in [-0.2, -0.15) is 0 Å². The van der Waals surface area contributed by atoms with E-state index in [4.69, 9.17) is 4.42 Å². The number of carbonyl (C=O) groups is 1. The summed E-state index contributed by atoms with van der Waals surface area (Å²) >= 11 is 0. The zero-order valence-electron chi connectivity index (χ0n) is 7.03. The van der Waals surface area contributed by atoms with E-state index in [1.54, 1.807) is 12.3 Å². The number of hydrogen-bond acceptors (Lipinski definition) is 3. The molecule has 0 fully saturated rings. The second kappa shape index (κ2) is 3.76. The van der Waals surface area contributed by atoms with Crippen LogP contribution in [0, 0.1) is 6.92 Å². The van der Waals surface area contributed by atoms with Gasteiger partial charge in [0.25, 0.3) is 0 Å². The first kappa shape index (κ1) is 8.59.